The van der Waals surface area contributed by atoms with Crippen LogP contribution in [0.4, 0.5) is 0 Å². The lowest BCUT2D eigenvalue weighted by Crippen LogP contribution is -2.34. The molecule has 0 saturated carbocycles. The summed E-state index contributed by atoms with van der Waals surface area (Å²) in [4.78, 5) is 11.3. The van der Waals surface area contributed by atoms with Crippen LogP contribution in [-0.2, 0) is 14.3 Å². The lowest BCUT2D eigenvalue weighted by molar-refractivity contribution is -0.150. The summed E-state index contributed by atoms with van der Waals surface area (Å²) >= 11 is 0. The lowest BCUT2D eigenvalue weighted by atomic mass is 10.0. The van der Waals surface area contributed by atoms with Gasteiger partial charge in [-0.15, -0.1) is 0 Å². The highest BCUT2D eigenvalue weighted by Gasteiger charge is 2.44. The van der Waals surface area contributed by atoms with E-state index in [9.17, 15) is 9.90 Å². The van der Waals surface area contributed by atoms with Crippen LogP contribution in [-0.4, -0.2) is 35.5 Å². The number of aliphatic hydroxyl groups excluding tert-OH is 1. The minimum Gasteiger partial charge on any atom is -0.456 e. The molecule has 0 aromatic carbocycles. The van der Waals surface area contributed by atoms with Crippen LogP contribution in [0.2, 0.25) is 0 Å². The number of aliphatic hydroxyl groups is 1. The van der Waals surface area contributed by atoms with Gasteiger partial charge in [-0.1, -0.05) is 0 Å². The third-order valence-corrected chi connectivity index (χ3v) is 2.38. The third kappa shape index (κ3) is 1.47. The van der Waals surface area contributed by atoms with Gasteiger partial charge in [0.1, 0.15) is 18.3 Å². The molecule has 1 saturated heterocycles. The van der Waals surface area contributed by atoms with E-state index in [4.69, 9.17) is 9.47 Å². The SMILES string of the molecule is C[C@@H]1O[C@@H]1C1=C[C@H](O)[C@@H](C)OC1=O. The number of hydrogen-bond acceptors (Lipinski definition) is 4. The molecule has 0 amide bonds. The van der Waals surface area contributed by atoms with Crippen molar-refractivity contribution >= 4 is 5.97 Å². The molecule has 1 fully saturated rings. The van der Waals surface area contributed by atoms with Gasteiger partial charge in [0.2, 0.25) is 0 Å². The van der Waals surface area contributed by atoms with E-state index in [0.717, 1.165) is 0 Å². The Bertz CT molecular complexity index is 271. The summed E-state index contributed by atoms with van der Waals surface area (Å²) in [5, 5.41) is 9.42. The highest BCUT2D eigenvalue weighted by molar-refractivity contribution is 5.91. The molecule has 2 aliphatic rings. The van der Waals surface area contributed by atoms with Gasteiger partial charge in [-0.3, -0.25) is 0 Å². The molecule has 4 atom stereocenters. The van der Waals surface area contributed by atoms with E-state index >= 15 is 0 Å². The zero-order valence-corrected chi connectivity index (χ0v) is 7.56. The largest absolute Gasteiger partial charge is 0.456 e. The van der Waals surface area contributed by atoms with Gasteiger partial charge in [0.25, 0.3) is 0 Å². The molecule has 0 radical (unpaired) electrons. The van der Waals surface area contributed by atoms with Crippen molar-refractivity contribution in [3.8, 4) is 0 Å². The second-order valence-electron chi connectivity index (χ2n) is 3.48. The van der Waals surface area contributed by atoms with E-state index in [2.05, 4.69) is 0 Å². The van der Waals surface area contributed by atoms with Gasteiger partial charge in [-0.2, -0.15) is 0 Å². The van der Waals surface area contributed by atoms with Crippen molar-refractivity contribution in [2.45, 2.75) is 38.3 Å². The average molecular weight is 184 g/mol. The van der Waals surface area contributed by atoms with Crippen molar-refractivity contribution in [1.29, 1.82) is 0 Å². The predicted octanol–water partition coefficient (Wildman–Crippen LogP) is 0.00630. The second-order valence-corrected chi connectivity index (χ2v) is 3.48. The van der Waals surface area contributed by atoms with Crippen molar-refractivity contribution in [2.75, 3.05) is 0 Å². The molecule has 0 aromatic rings. The van der Waals surface area contributed by atoms with Gasteiger partial charge in [0.05, 0.1) is 11.7 Å². The Labute approximate surface area is 76.1 Å². The number of hydrogen-bond donors (Lipinski definition) is 1. The summed E-state index contributed by atoms with van der Waals surface area (Å²) in [5.41, 5.74) is 0.457. The quantitative estimate of drug-likeness (QED) is 0.460. The predicted molar refractivity (Wildman–Crippen MR) is 44.0 cm³/mol. The fourth-order valence-electron chi connectivity index (χ4n) is 1.42. The summed E-state index contributed by atoms with van der Waals surface area (Å²) < 4.78 is 10.1. The highest BCUT2D eigenvalue weighted by atomic mass is 16.6. The molecule has 2 aliphatic heterocycles. The maximum Gasteiger partial charge on any atom is 0.336 e. The van der Waals surface area contributed by atoms with Gasteiger partial charge in [-0.25, -0.2) is 4.79 Å². The summed E-state index contributed by atoms with van der Waals surface area (Å²) in [5.74, 6) is -0.368. The smallest absolute Gasteiger partial charge is 0.336 e. The summed E-state index contributed by atoms with van der Waals surface area (Å²) in [6, 6.07) is 0. The monoisotopic (exact) mass is 184 g/mol. The van der Waals surface area contributed by atoms with Crippen LogP contribution in [0.25, 0.3) is 0 Å². The molecular formula is C9H12O4. The Balaban J connectivity index is 2.17. The minimum atomic E-state index is -0.705. The first kappa shape index (κ1) is 8.72. The van der Waals surface area contributed by atoms with Crippen LogP contribution in [0.3, 0.4) is 0 Å². The number of esters is 1. The fraction of sp³-hybridized carbons (Fsp3) is 0.667. The lowest BCUT2D eigenvalue weighted by Gasteiger charge is -2.22. The second kappa shape index (κ2) is 2.82. The first-order valence-corrected chi connectivity index (χ1v) is 4.36. The molecule has 0 bridgehead atoms. The number of epoxide rings is 1. The third-order valence-electron chi connectivity index (χ3n) is 2.38. The van der Waals surface area contributed by atoms with Crippen LogP contribution in [0, 0.1) is 0 Å². The normalized spacial score (nSPS) is 43.9. The van der Waals surface area contributed by atoms with Gasteiger partial charge in [0, 0.05) is 0 Å². The number of rotatable bonds is 1. The van der Waals surface area contributed by atoms with Crippen LogP contribution in [0.1, 0.15) is 13.8 Å². The first-order chi connectivity index (χ1) is 6.09. The summed E-state index contributed by atoms with van der Waals surface area (Å²) in [7, 11) is 0. The molecule has 13 heavy (non-hydrogen) atoms. The molecule has 1 N–H and O–H groups in total. The van der Waals surface area contributed by atoms with Crippen molar-refractivity contribution in [3.63, 3.8) is 0 Å². The molecule has 0 spiro atoms. The molecule has 0 aromatic heterocycles. The molecule has 2 rings (SSSR count). The van der Waals surface area contributed by atoms with Crippen LogP contribution in [0.5, 0.6) is 0 Å². The van der Waals surface area contributed by atoms with E-state index in [0.29, 0.717) is 5.57 Å². The molecule has 4 heteroatoms. The Kier molecular flexibility index (Phi) is 1.89. The summed E-state index contributed by atoms with van der Waals surface area (Å²) in [6.45, 7) is 3.54. The van der Waals surface area contributed by atoms with Crippen LogP contribution >= 0.6 is 0 Å². The molecule has 0 aliphatic carbocycles. The summed E-state index contributed by atoms with van der Waals surface area (Å²) in [6.07, 6.45) is 0.272. The zero-order valence-electron chi connectivity index (χ0n) is 7.56. The van der Waals surface area contributed by atoms with Crippen molar-refractivity contribution in [3.05, 3.63) is 11.6 Å². The van der Waals surface area contributed by atoms with E-state index < -0.39 is 12.2 Å². The Morgan fingerprint density at radius 1 is 1.38 bits per heavy atom. The highest BCUT2D eigenvalue weighted by Crippen LogP contribution is 2.32. The van der Waals surface area contributed by atoms with Crippen molar-refractivity contribution in [2.24, 2.45) is 0 Å². The maximum atomic E-state index is 11.3. The number of carbonyl (C=O) groups is 1. The maximum absolute atomic E-state index is 11.3. The molecular weight excluding hydrogens is 172 g/mol. The van der Waals surface area contributed by atoms with Crippen molar-refractivity contribution < 1.29 is 19.4 Å². The molecule has 4 nitrogen and oxygen atoms in total. The Morgan fingerprint density at radius 3 is 2.54 bits per heavy atom. The van der Waals surface area contributed by atoms with E-state index in [-0.39, 0.29) is 18.2 Å². The fourth-order valence-corrected chi connectivity index (χ4v) is 1.42. The van der Waals surface area contributed by atoms with Gasteiger partial charge in [-0.05, 0) is 19.9 Å². The van der Waals surface area contributed by atoms with E-state index in [1.807, 2.05) is 6.92 Å². The Hall–Kier alpha value is -0.870. The number of carbonyl (C=O) groups excluding carboxylic acids is 1. The van der Waals surface area contributed by atoms with Crippen LogP contribution < -0.4 is 0 Å². The molecule has 0 unspecified atom stereocenters. The average Bonchev–Trinajstić information content (AvgIpc) is 2.75. The van der Waals surface area contributed by atoms with Gasteiger partial charge in [0.15, 0.2) is 0 Å². The van der Waals surface area contributed by atoms with E-state index in [1.165, 1.54) is 6.08 Å². The molecule has 72 valence electrons. The number of ether oxygens (including phenoxy) is 2. The van der Waals surface area contributed by atoms with Crippen molar-refractivity contribution in [1.82, 2.24) is 0 Å². The van der Waals surface area contributed by atoms with Gasteiger partial charge < -0.3 is 14.6 Å². The van der Waals surface area contributed by atoms with Crippen LogP contribution in [0.15, 0.2) is 11.6 Å². The Morgan fingerprint density at radius 2 is 2.00 bits per heavy atom. The molecule has 2 heterocycles. The topological polar surface area (TPSA) is 59.1 Å². The van der Waals surface area contributed by atoms with Gasteiger partial charge >= 0.3 is 5.97 Å². The zero-order chi connectivity index (χ0) is 9.59. The first-order valence-electron chi connectivity index (χ1n) is 4.36. The number of cyclic esters (lactones) is 1. The van der Waals surface area contributed by atoms with E-state index in [1.54, 1.807) is 6.92 Å². The standard InChI is InChI=1S/C9H12O4/c1-4-7(10)3-6(9(11)13-4)8-5(2)12-8/h3-5,7-8,10H,1-2H3/t4-,5+,7+,8+/m1/s1. The minimum absolute atomic E-state index is 0.0689.